The number of carbonyl (C=O) groups is 2. The van der Waals surface area contributed by atoms with Gasteiger partial charge in [-0.1, -0.05) is 11.6 Å². The Bertz CT molecular complexity index is 665. The lowest BCUT2D eigenvalue weighted by atomic mass is 10.3. The summed E-state index contributed by atoms with van der Waals surface area (Å²) in [7, 11) is 0. The highest BCUT2D eigenvalue weighted by Crippen LogP contribution is 2.25. The first-order valence-electron chi connectivity index (χ1n) is 5.65. The molecule has 2 rings (SSSR count). The fourth-order valence-corrected chi connectivity index (χ4v) is 3.42. The number of nitrogens with one attached hydrogen (secondary N) is 1. The topological polar surface area (TPSA) is 79.3 Å². The molecule has 0 saturated carbocycles. The Kier molecular flexibility index (Phi) is 4.42. The highest BCUT2D eigenvalue weighted by molar-refractivity contribution is 7.18. The van der Waals surface area contributed by atoms with E-state index in [4.69, 9.17) is 16.7 Å². The monoisotopic (exact) mass is 330 g/mol. The van der Waals surface area contributed by atoms with Gasteiger partial charge in [0.05, 0.1) is 20.9 Å². The molecule has 0 unspecified atom stereocenters. The fourth-order valence-electron chi connectivity index (χ4n) is 1.57. The van der Waals surface area contributed by atoms with E-state index in [9.17, 15) is 9.59 Å². The Morgan fingerprint density at radius 2 is 2.10 bits per heavy atom. The first-order valence-corrected chi connectivity index (χ1v) is 7.66. The zero-order valence-corrected chi connectivity index (χ0v) is 13.0. The van der Waals surface area contributed by atoms with Crippen LogP contribution in [0.3, 0.4) is 0 Å². The molecule has 20 heavy (non-hydrogen) atoms. The molecule has 2 aromatic rings. The van der Waals surface area contributed by atoms with Gasteiger partial charge in [-0.15, -0.1) is 22.7 Å². The number of carboxylic acids is 1. The Morgan fingerprint density at radius 1 is 1.40 bits per heavy atom. The van der Waals surface area contributed by atoms with Gasteiger partial charge < -0.3 is 10.4 Å². The largest absolute Gasteiger partial charge is 0.477 e. The molecular weight excluding hydrogens is 320 g/mol. The summed E-state index contributed by atoms with van der Waals surface area (Å²) in [6, 6.07) is 2.94. The molecule has 2 aromatic heterocycles. The van der Waals surface area contributed by atoms with Crippen molar-refractivity contribution >= 4 is 46.2 Å². The van der Waals surface area contributed by atoms with Crippen LogP contribution in [0.5, 0.6) is 0 Å². The molecule has 1 atom stereocenters. The van der Waals surface area contributed by atoms with Gasteiger partial charge in [0.15, 0.2) is 0 Å². The predicted octanol–water partition coefficient (Wildman–Crippen LogP) is 3.36. The number of aryl methyl sites for hydroxylation is 1. The van der Waals surface area contributed by atoms with E-state index in [1.165, 1.54) is 11.3 Å². The number of thiazole rings is 1. The SMILES string of the molecule is Cc1nc([C@@H](C)NC(=O)c2ccc(Cl)s2)sc1C(=O)O. The molecular formula is C12H11ClN2O3S2. The number of thiophene rings is 1. The number of aromatic carboxylic acids is 1. The van der Waals surface area contributed by atoms with Crippen LogP contribution in [0.1, 0.15) is 43.0 Å². The summed E-state index contributed by atoms with van der Waals surface area (Å²) in [6.45, 7) is 3.40. The smallest absolute Gasteiger partial charge is 0.347 e. The third-order valence-corrected chi connectivity index (χ3v) is 5.08. The molecule has 5 nitrogen and oxygen atoms in total. The van der Waals surface area contributed by atoms with E-state index in [0.29, 0.717) is 19.9 Å². The van der Waals surface area contributed by atoms with Crippen molar-refractivity contribution in [2.75, 3.05) is 0 Å². The molecule has 106 valence electrons. The van der Waals surface area contributed by atoms with Gasteiger partial charge in [0.1, 0.15) is 9.88 Å². The lowest BCUT2D eigenvalue weighted by molar-refractivity contribution is 0.0701. The number of hydrogen-bond acceptors (Lipinski definition) is 5. The van der Waals surface area contributed by atoms with Gasteiger partial charge in [-0.2, -0.15) is 0 Å². The van der Waals surface area contributed by atoms with Crippen molar-refractivity contribution in [3.63, 3.8) is 0 Å². The molecule has 2 heterocycles. The first kappa shape index (κ1) is 15.0. The van der Waals surface area contributed by atoms with E-state index in [0.717, 1.165) is 11.3 Å². The molecule has 0 fully saturated rings. The summed E-state index contributed by atoms with van der Waals surface area (Å²) in [5.74, 6) is -1.26. The zero-order chi connectivity index (χ0) is 14.9. The molecule has 8 heteroatoms. The standard InChI is InChI=1S/C12H11ClN2O3S2/c1-5-9(12(17)18)20-11(15-5)6(2)14-10(16)7-3-4-8(13)19-7/h3-4,6H,1-2H3,(H,14,16)(H,17,18)/t6-/m1/s1. The van der Waals surface area contributed by atoms with E-state index < -0.39 is 5.97 Å². The summed E-state index contributed by atoms with van der Waals surface area (Å²) in [5.41, 5.74) is 0.456. The van der Waals surface area contributed by atoms with Gasteiger partial charge in [0.2, 0.25) is 0 Å². The Morgan fingerprint density at radius 3 is 2.60 bits per heavy atom. The molecule has 0 radical (unpaired) electrons. The fraction of sp³-hybridized carbons (Fsp3) is 0.250. The van der Waals surface area contributed by atoms with Gasteiger partial charge in [-0.25, -0.2) is 9.78 Å². The minimum Gasteiger partial charge on any atom is -0.477 e. The van der Waals surface area contributed by atoms with Crippen LogP contribution in [0.4, 0.5) is 0 Å². The van der Waals surface area contributed by atoms with Gasteiger partial charge in [-0.05, 0) is 26.0 Å². The maximum Gasteiger partial charge on any atom is 0.347 e. The number of hydrogen-bond donors (Lipinski definition) is 2. The van der Waals surface area contributed by atoms with Crippen LogP contribution >= 0.6 is 34.3 Å². The molecule has 0 aliphatic heterocycles. The van der Waals surface area contributed by atoms with Crippen LogP contribution in [-0.2, 0) is 0 Å². The van der Waals surface area contributed by atoms with Crippen molar-refractivity contribution in [1.82, 2.24) is 10.3 Å². The predicted molar refractivity (Wildman–Crippen MR) is 79.0 cm³/mol. The van der Waals surface area contributed by atoms with Crippen molar-refractivity contribution in [3.05, 3.63) is 36.9 Å². The molecule has 2 N–H and O–H groups in total. The van der Waals surface area contributed by atoms with Crippen molar-refractivity contribution in [1.29, 1.82) is 0 Å². The summed E-state index contributed by atoms with van der Waals surface area (Å²) >= 11 is 8.04. The van der Waals surface area contributed by atoms with Crippen molar-refractivity contribution in [3.8, 4) is 0 Å². The molecule has 0 aliphatic rings. The quantitative estimate of drug-likeness (QED) is 0.901. The summed E-state index contributed by atoms with van der Waals surface area (Å²) in [4.78, 5) is 27.8. The second kappa shape index (κ2) is 5.90. The average molecular weight is 331 g/mol. The number of aromatic nitrogens is 1. The van der Waals surface area contributed by atoms with Crippen molar-refractivity contribution in [2.24, 2.45) is 0 Å². The summed E-state index contributed by atoms with van der Waals surface area (Å²) in [6.07, 6.45) is 0. The average Bonchev–Trinajstić information content (AvgIpc) is 2.95. The zero-order valence-electron chi connectivity index (χ0n) is 10.6. The Labute approximate surface area is 128 Å². The van der Waals surface area contributed by atoms with Gasteiger partial charge >= 0.3 is 5.97 Å². The summed E-state index contributed by atoms with van der Waals surface area (Å²) in [5, 5.41) is 12.3. The lowest BCUT2D eigenvalue weighted by Crippen LogP contribution is -2.25. The van der Waals surface area contributed by atoms with E-state index in [1.807, 2.05) is 0 Å². The van der Waals surface area contributed by atoms with Crippen LogP contribution < -0.4 is 5.32 Å². The lowest BCUT2D eigenvalue weighted by Gasteiger charge is -2.09. The molecule has 0 bridgehead atoms. The van der Waals surface area contributed by atoms with E-state index in [2.05, 4.69) is 10.3 Å². The Hall–Kier alpha value is -1.44. The van der Waals surface area contributed by atoms with Crippen LogP contribution in [0, 0.1) is 6.92 Å². The normalized spacial score (nSPS) is 12.2. The maximum absolute atomic E-state index is 12.0. The second-order valence-electron chi connectivity index (χ2n) is 4.07. The number of rotatable bonds is 4. The first-order chi connectivity index (χ1) is 9.38. The minimum absolute atomic E-state index is 0.195. The van der Waals surface area contributed by atoms with E-state index >= 15 is 0 Å². The van der Waals surface area contributed by atoms with Crippen LogP contribution in [0.15, 0.2) is 12.1 Å². The number of nitrogens with zero attached hydrogens (tertiary/aromatic N) is 1. The molecule has 0 spiro atoms. The van der Waals surface area contributed by atoms with Gasteiger partial charge in [0, 0.05) is 0 Å². The molecule has 1 amide bonds. The summed E-state index contributed by atoms with van der Waals surface area (Å²) < 4.78 is 0.543. The number of halogens is 1. The highest BCUT2D eigenvalue weighted by Gasteiger charge is 2.20. The Balaban J connectivity index is 2.12. The van der Waals surface area contributed by atoms with E-state index in [1.54, 1.807) is 26.0 Å². The maximum atomic E-state index is 12.0. The van der Waals surface area contributed by atoms with Crippen LogP contribution in [0.25, 0.3) is 0 Å². The second-order valence-corrected chi connectivity index (χ2v) is 6.82. The minimum atomic E-state index is -1.00. The van der Waals surface area contributed by atoms with Gasteiger partial charge in [0.25, 0.3) is 5.91 Å². The highest BCUT2D eigenvalue weighted by atomic mass is 35.5. The number of amides is 1. The third-order valence-electron chi connectivity index (χ3n) is 2.52. The number of carboxylic acid groups (broad SMARTS) is 1. The van der Waals surface area contributed by atoms with Crippen LogP contribution in [-0.4, -0.2) is 22.0 Å². The third kappa shape index (κ3) is 3.17. The number of carbonyl (C=O) groups excluding carboxylic acids is 1. The molecule has 0 saturated heterocycles. The van der Waals surface area contributed by atoms with E-state index in [-0.39, 0.29) is 16.8 Å². The van der Waals surface area contributed by atoms with Crippen molar-refractivity contribution < 1.29 is 14.7 Å². The molecule has 0 aliphatic carbocycles. The van der Waals surface area contributed by atoms with Crippen LogP contribution in [0.2, 0.25) is 4.34 Å². The van der Waals surface area contributed by atoms with Gasteiger partial charge in [-0.3, -0.25) is 4.79 Å². The molecule has 0 aromatic carbocycles. The van der Waals surface area contributed by atoms with Crippen molar-refractivity contribution in [2.45, 2.75) is 19.9 Å².